The number of cyclic esters (lactones) is 1. The zero-order chi connectivity index (χ0) is 41.8. The van der Waals surface area contributed by atoms with Crippen LogP contribution >= 0.6 is 11.6 Å². The largest absolute Gasteiger partial charge is 0.458 e. The quantitative estimate of drug-likeness (QED) is 0.281. The average molecular weight is 823 g/mol. The number of hydrogen-bond acceptors (Lipinski definition) is 10. The number of nitrogens with zero attached hydrogens (tertiary/aromatic N) is 3. The van der Waals surface area contributed by atoms with Gasteiger partial charge in [0, 0.05) is 37.5 Å². The van der Waals surface area contributed by atoms with E-state index in [1.807, 2.05) is 32.0 Å². The van der Waals surface area contributed by atoms with Gasteiger partial charge < -0.3 is 45.2 Å². The minimum atomic E-state index is -1.61. The molecule has 4 aliphatic heterocycles. The molecule has 4 heterocycles. The van der Waals surface area contributed by atoms with Crippen molar-refractivity contribution >= 4 is 53.0 Å². The van der Waals surface area contributed by atoms with Crippen molar-refractivity contribution in [1.29, 1.82) is 0 Å². The Hall–Kier alpha value is -5.06. The van der Waals surface area contributed by atoms with Gasteiger partial charge in [-0.2, -0.15) is 0 Å². The van der Waals surface area contributed by atoms with Gasteiger partial charge in [0.05, 0.1) is 25.7 Å². The second-order valence-electron chi connectivity index (χ2n) is 15.8. The summed E-state index contributed by atoms with van der Waals surface area (Å²) in [5.41, 5.74) is 2.29. The molecule has 0 bridgehead atoms. The number of ether oxygens (including phenoxy) is 2. The van der Waals surface area contributed by atoms with Gasteiger partial charge in [-0.15, -0.1) is 0 Å². The van der Waals surface area contributed by atoms with Crippen LogP contribution in [0.1, 0.15) is 50.3 Å². The Labute approximate surface area is 341 Å². The fourth-order valence-corrected chi connectivity index (χ4v) is 8.29. The normalized spacial score (nSPS) is 28.9. The van der Waals surface area contributed by atoms with Crippen LogP contribution in [0.2, 0.25) is 5.02 Å². The number of aliphatic hydroxyl groups excluding tert-OH is 1. The van der Waals surface area contributed by atoms with Gasteiger partial charge in [0.25, 0.3) is 0 Å². The molecule has 17 heteroatoms. The number of morpholine rings is 1. The predicted molar refractivity (Wildman–Crippen MR) is 209 cm³/mol. The van der Waals surface area contributed by atoms with E-state index in [2.05, 4.69) is 16.0 Å². The molecule has 312 valence electrons. The molecule has 0 spiro atoms. The van der Waals surface area contributed by atoms with E-state index in [0.717, 1.165) is 16.0 Å². The molecule has 9 atom stereocenters. The zero-order valence-electron chi connectivity index (χ0n) is 33.0. The van der Waals surface area contributed by atoms with E-state index in [4.69, 9.17) is 21.1 Å². The lowest BCUT2D eigenvalue weighted by Gasteiger charge is -2.39. The summed E-state index contributed by atoms with van der Waals surface area (Å²) in [5.74, 6) is -4.82. The molecule has 0 aliphatic carbocycles. The molecule has 4 aliphatic rings. The van der Waals surface area contributed by atoms with Gasteiger partial charge in [0.15, 0.2) is 0 Å². The first-order valence-electron chi connectivity index (χ1n) is 19.7. The van der Waals surface area contributed by atoms with Crippen LogP contribution in [-0.2, 0) is 55.9 Å². The van der Waals surface area contributed by atoms with Crippen LogP contribution in [0, 0.1) is 12.8 Å². The Morgan fingerprint density at radius 2 is 1.62 bits per heavy atom. The number of aliphatic hydroxyl groups is 1. The van der Waals surface area contributed by atoms with E-state index in [-0.39, 0.29) is 64.4 Å². The van der Waals surface area contributed by atoms with Gasteiger partial charge in [-0.25, -0.2) is 4.79 Å². The molecular formula is C41H51ClN6O10. The SMILES string of the molecule is Cc1cccc(C[C@H](NC(=O)Cc2ccc(Cl)cc2)C(=O)N[C@@H]2C(=O)N3C[C@H](O)C[C@H]3C(=O)N3CCOC[C@H]3C(=O)N[C@@H](C)C(=O)N3C[C@H](C)C[C@H]3C(=O)O[C@H]2C)c1. The maximum atomic E-state index is 14.8. The van der Waals surface area contributed by atoms with Gasteiger partial charge in [-0.3, -0.25) is 28.8 Å². The molecule has 0 aromatic heterocycles. The highest BCUT2D eigenvalue weighted by Crippen LogP contribution is 2.28. The van der Waals surface area contributed by atoms with Gasteiger partial charge in [0.2, 0.25) is 35.4 Å². The zero-order valence-corrected chi connectivity index (χ0v) is 33.8. The minimum absolute atomic E-state index is 0.00409. The van der Waals surface area contributed by atoms with Crippen LogP contribution in [-0.4, -0.2) is 143 Å². The Kier molecular flexibility index (Phi) is 13.4. The van der Waals surface area contributed by atoms with Crippen molar-refractivity contribution in [2.24, 2.45) is 5.92 Å². The van der Waals surface area contributed by atoms with E-state index < -0.39 is 89.9 Å². The summed E-state index contributed by atoms with van der Waals surface area (Å²) in [6, 6.07) is 6.72. The fourth-order valence-electron chi connectivity index (χ4n) is 8.16. The highest BCUT2D eigenvalue weighted by molar-refractivity contribution is 6.30. The van der Waals surface area contributed by atoms with Gasteiger partial charge in [0.1, 0.15) is 42.4 Å². The molecule has 2 aromatic carbocycles. The first-order chi connectivity index (χ1) is 27.6. The number of carbonyl (C=O) groups is 7. The molecule has 6 amide bonds. The number of rotatable bonds is 7. The van der Waals surface area contributed by atoms with Crippen molar-refractivity contribution < 1.29 is 48.1 Å². The lowest BCUT2D eigenvalue weighted by molar-refractivity contribution is -0.164. The maximum absolute atomic E-state index is 14.8. The number of amides is 6. The molecule has 4 saturated heterocycles. The second kappa shape index (κ2) is 18.2. The monoisotopic (exact) mass is 822 g/mol. The van der Waals surface area contributed by atoms with Crippen molar-refractivity contribution in [1.82, 2.24) is 30.7 Å². The number of fused-ring (bicyclic) bond motifs is 3. The molecular weight excluding hydrogens is 772 g/mol. The molecule has 4 fully saturated rings. The van der Waals surface area contributed by atoms with Crippen LogP contribution in [0.25, 0.3) is 0 Å². The van der Waals surface area contributed by atoms with Gasteiger partial charge in [-0.1, -0.05) is 60.5 Å². The summed E-state index contributed by atoms with van der Waals surface area (Å²) < 4.78 is 11.5. The van der Waals surface area contributed by atoms with Crippen molar-refractivity contribution in [2.75, 3.05) is 32.8 Å². The number of hydrogen-bond donors (Lipinski definition) is 4. The third-order valence-corrected chi connectivity index (χ3v) is 11.4. The number of aryl methyl sites for hydroxylation is 1. The van der Waals surface area contributed by atoms with Crippen molar-refractivity contribution in [3.8, 4) is 0 Å². The third kappa shape index (κ3) is 9.79. The lowest BCUT2D eigenvalue weighted by atomic mass is 10.0. The van der Waals surface area contributed by atoms with Crippen LogP contribution in [0.4, 0.5) is 0 Å². The Balaban J connectivity index is 1.34. The first-order valence-corrected chi connectivity index (χ1v) is 20.0. The summed E-state index contributed by atoms with van der Waals surface area (Å²) in [6.07, 6.45) is -2.43. The fraction of sp³-hybridized carbons (Fsp3) is 0.537. The van der Waals surface area contributed by atoms with Crippen molar-refractivity contribution in [3.05, 3.63) is 70.2 Å². The minimum Gasteiger partial charge on any atom is -0.458 e. The van der Waals surface area contributed by atoms with E-state index >= 15 is 0 Å². The Morgan fingerprint density at radius 3 is 2.34 bits per heavy atom. The number of nitrogens with one attached hydrogen (secondary N) is 3. The third-order valence-electron chi connectivity index (χ3n) is 11.1. The predicted octanol–water partition coefficient (Wildman–Crippen LogP) is 0.279. The summed E-state index contributed by atoms with van der Waals surface area (Å²) in [5, 5.41) is 19.6. The van der Waals surface area contributed by atoms with Gasteiger partial charge in [-0.05, 0) is 56.4 Å². The standard InChI is InChI=1S/C41H51ClN6O10/c1-22-6-5-7-27(14-22)16-30(44-34(50)17-26-8-10-28(42)11-9-26)36(51)45-35-25(4)58-41(56)32-15-23(2)19-47(32)38(53)24(3)43-37(52)33-21-57-13-12-46(33)39(54)31-18-29(49)20-48(31)40(35)55/h5-11,14,23-25,29-33,35,49H,12-13,15-21H2,1-4H3,(H,43,52)(H,44,50)(H,45,51)/t23-,24+,25+,29-,30+,31+,32+,33+,35+/m1/s1. The summed E-state index contributed by atoms with van der Waals surface area (Å²) in [6.45, 7) is 6.54. The van der Waals surface area contributed by atoms with Gasteiger partial charge >= 0.3 is 5.97 Å². The molecule has 4 N–H and O–H groups in total. The summed E-state index contributed by atoms with van der Waals surface area (Å²) >= 11 is 6.03. The molecule has 0 radical (unpaired) electrons. The topological polar surface area (TPSA) is 204 Å². The molecule has 0 unspecified atom stereocenters. The number of benzene rings is 2. The highest BCUT2D eigenvalue weighted by atomic mass is 35.5. The van der Waals surface area contributed by atoms with Crippen molar-refractivity contribution in [2.45, 2.75) is 102 Å². The highest BCUT2D eigenvalue weighted by Gasteiger charge is 2.49. The van der Waals surface area contributed by atoms with E-state index in [1.54, 1.807) is 30.3 Å². The van der Waals surface area contributed by atoms with Crippen LogP contribution in [0.5, 0.6) is 0 Å². The maximum Gasteiger partial charge on any atom is 0.329 e. The Morgan fingerprint density at radius 1 is 0.897 bits per heavy atom. The molecule has 6 rings (SSSR count). The number of esters is 1. The molecule has 0 saturated carbocycles. The van der Waals surface area contributed by atoms with E-state index in [0.29, 0.717) is 10.6 Å². The summed E-state index contributed by atoms with van der Waals surface area (Å²) in [7, 11) is 0. The molecule has 16 nitrogen and oxygen atoms in total. The summed E-state index contributed by atoms with van der Waals surface area (Å²) in [4.78, 5) is 102. The molecule has 58 heavy (non-hydrogen) atoms. The van der Waals surface area contributed by atoms with Crippen LogP contribution < -0.4 is 16.0 Å². The van der Waals surface area contributed by atoms with E-state index in [9.17, 15) is 38.7 Å². The second-order valence-corrected chi connectivity index (χ2v) is 16.3. The average Bonchev–Trinajstić information content (AvgIpc) is 3.78. The lowest BCUT2D eigenvalue weighted by Crippen LogP contribution is -2.64. The number of halogens is 1. The number of carbonyl (C=O) groups excluding carboxylic acids is 7. The Bertz CT molecular complexity index is 1910. The van der Waals surface area contributed by atoms with Crippen molar-refractivity contribution in [3.63, 3.8) is 0 Å². The van der Waals surface area contributed by atoms with E-state index in [1.165, 1.54) is 23.6 Å². The molecule has 2 aromatic rings. The van der Waals surface area contributed by atoms with Crippen LogP contribution in [0.3, 0.4) is 0 Å². The first kappa shape index (κ1) is 42.5. The van der Waals surface area contributed by atoms with Crippen LogP contribution in [0.15, 0.2) is 48.5 Å². The smallest absolute Gasteiger partial charge is 0.329 e.